The number of aliphatic hydroxyl groups excluding tert-OH is 2. The number of hydrogen-bond donors (Lipinski definition) is 3. The van der Waals surface area contributed by atoms with Crippen LogP contribution in [0.25, 0.3) is 0 Å². The summed E-state index contributed by atoms with van der Waals surface area (Å²) < 4.78 is 22.4. The molecule has 1 saturated heterocycles. The first kappa shape index (κ1) is 14.2. The van der Waals surface area contributed by atoms with E-state index < -0.39 is 15.9 Å². The van der Waals surface area contributed by atoms with Crippen molar-refractivity contribution < 1.29 is 18.6 Å². The summed E-state index contributed by atoms with van der Waals surface area (Å²) in [6.45, 7) is 0.896. The number of rotatable bonds is 7. The fourth-order valence-corrected chi connectivity index (χ4v) is 4.18. The lowest BCUT2D eigenvalue weighted by molar-refractivity contribution is 0.167. The predicted octanol–water partition coefficient (Wildman–Crippen LogP) is -1.15. The molecule has 7 heteroatoms. The van der Waals surface area contributed by atoms with Crippen LogP contribution in [0, 0.1) is 0 Å². The third kappa shape index (κ3) is 5.01. The molecule has 2 unspecified atom stereocenters. The van der Waals surface area contributed by atoms with Crippen LogP contribution in [-0.2, 0) is 9.84 Å². The molecule has 16 heavy (non-hydrogen) atoms. The molecule has 0 radical (unpaired) electrons. The molecule has 0 saturated carbocycles. The van der Waals surface area contributed by atoms with Crippen LogP contribution in [0.4, 0.5) is 0 Å². The molecule has 1 heterocycles. The molecule has 96 valence electrons. The van der Waals surface area contributed by atoms with Gasteiger partial charge in [-0.3, -0.25) is 0 Å². The molecular weight excluding hydrogens is 250 g/mol. The van der Waals surface area contributed by atoms with Gasteiger partial charge in [0.1, 0.15) is 0 Å². The monoisotopic (exact) mass is 269 g/mol. The van der Waals surface area contributed by atoms with Crippen molar-refractivity contribution in [2.75, 3.05) is 36.2 Å². The maximum absolute atomic E-state index is 11.2. The molecule has 1 rings (SSSR count). The Labute approximate surface area is 101 Å². The van der Waals surface area contributed by atoms with Crippen LogP contribution in [0.15, 0.2) is 0 Å². The second-order valence-corrected chi connectivity index (χ2v) is 7.27. The van der Waals surface area contributed by atoms with Crippen LogP contribution in [0.5, 0.6) is 0 Å². The highest BCUT2D eigenvalue weighted by atomic mass is 32.2. The van der Waals surface area contributed by atoms with Crippen LogP contribution in [-0.4, -0.2) is 66.9 Å². The van der Waals surface area contributed by atoms with E-state index in [1.807, 2.05) is 0 Å². The Bertz CT molecular complexity index is 294. The van der Waals surface area contributed by atoms with Gasteiger partial charge in [0.05, 0.1) is 17.6 Å². The number of sulfone groups is 1. The van der Waals surface area contributed by atoms with Gasteiger partial charge < -0.3 is 15.5 Å². The fourth-order valence-electron chi connectivity index (χ4n) is 1.61. The molecule has 0 amide bonds. The largest absolute Gasteiger partial charge is 0.396 e. The first-order valence-corrected chi connectivity index (χ1v) is 8.33. The maximum atomic E-state index is 11.2. The summed E-state index contributed by atoms with van der Waals surface area (Å²) in [6, 6.07) is -0.316. The van der Waals surface area contributed by atoms with Crippen molar-refractivity contribution in [2.45, 2.75) is 18.6 Å². The smallest absolute Gasteiger partial charge is 0.154 e. The maximum Gasteiger partial charge on any atom is 0.154 e. The lowest BCUT2D eigenvalue weighted by atomic mass is 10.2. The van der Waals surface area contributed by atoms with Crippen LogP contribution in [0.3, 0.4) is 0 Å². The van der Waals surface area contributed by atoms with Crippen LogP contribution in [0.2, 0.25) is 0 Å². The van der Waals surface area contributed by atoms with Crippen molar-refractivity contribution >= 4 is 21.6 Å². The highest BCUT2D eigenvalue weighted by molar-refractivity contribution is 7.99. The molecule has 1 aliphatic rings. The zero-order valence-electron chi connectivity index (χ0n) is 9.13. The van der Waals surface area contributed by atoms with E-state index in [2.05, 4.69) is 5.32 Å². The molecule has 2 atom stereocenters. The molecule has 5 nitrogen and oxygen atoms in total. The van der Waals surface area contributed by atoms with E-state index in [1.165, 1.54) is 0 Å². The Balaban J connectivity index is 2.10. The highest BCUT2D eigenvalue weighted by Gasteiger charge is 2.35. The number of thioether (sulfide) groups is 1. The second-order valence-electron chi connectivity index (χ2n) is 3.89. The molecule has 1 aliphatic heterocycles. The van der Waals surface area contributed by atoms with Gasteiger partial charge in [-0.2, -0.15) is 11.8 Å². The summed E-state index contributed by atoms with van der Waals surface area (Å²) in [6.07, 6.45) is 0.0119. The van der Waals surface area contributed by atoms with E-state index in [0.29, 0.717) is 6.54 Å². The van der Waals surface area contributed by atoms with E-state index in [4.69, 9.17) is 5.11 Å². The Morgan fingerprint density at radius 3 is 2.62 bits per heavy atom. The van der Waals surface area contributed by atoms with Crippen LogP contribution >= 0.6 is 11.8 Å². The van der Waals surface area contributed by atoms with Gasteiger partial charge in [-0.05, 0) is 12.2 Å². The van der Waals surface area contributed by atoms with Gasteiger partial charge in [-0.1, -0.05) is 0 Å². The molecule has 0 aliphatic carbocycles. The molecule has 3 N–H and O–H groups in total. The van der Waals surface area contributed by atoms with E-state index >= 15 is 0 Å². The average molecular weight is 269 g/mol. The first-order valence-electron chi connectivity index (χ1n) is 5.35. The molecule has 0 aromatic rings. The Hall–Kier alpha value is 0.180. The second kappa shape index (κ2) is 6.80. The van der Waals surface area contributed by atoms with Crippen molar-refractivity contribution in [3.8, 4) is 0 Å². The zero-order chi connectivity index (χ0) is 12.0. The third-order valence-corrected chi connectivity index (χ3v) is 5.21. The summed E-state index contributed by atoms with van der Waals surface area (Å²) in [7, 11) is -3.05. The van der Waals surface area contributed by atoms with Gasteiger partial charge in [0.2, 0.25) is 0 Å². The number of aliphatic hydroxyl groups is 2. The minimum absolute atomic E-state index is 0.0372. The quantitative estimate of drug-likeness (QED) is 0.506. The van der Waals surface area contributed by atoms with Gasteiger partial charge in [-0.25, -0.2) is 8.42 Å². The number of nitrogens with one attached hydrogen (secondary N) is 1. The summed E-state index contributed by atoms with van der Waals surface area (Å²) in [5, 5.41) is 21.1. The predicted molar refractivity (Wildman–Crippen MR) is 65.5 cm³/mol. The summed E-state index contributed by atoms with van der Waals surface area (Å²) in [5.74, 6) is 1.69. The van der Waals surface area contributed by atoms with E-state index in [1.54, 1.807) is 11.8 Å². The number of hydrogen-bond acceptors (Lipinski definition) is 6. The summed E-state index contributed by atoms with van der Waals surface area (Å²) in [4.78, 5) is 0. The standard InChI is InChI=1S/C9H19NO4S2/c11-3-1-4-15-5-2-10-8-6-16(13,14)7-9(8)12/h8-12H,1-7H2. The van der Waals surface area contributed by atoms with Gasteiger partial charge in [0, 0.05) is 24.9 Å². The Morgan fingerprint density at radius 1 is 1.31 bits per heavy atom. The Kier molecular flexibility index (Phi) is 6.06. The highest BCUT2D eigenvalue weighted by Crippen LogP contribution is 2.12. The van der Waals surface area contributed by atoms with E-state index in [-0.39, 0.29) is 24.2 Å². The fraction of sp³-hybridized carbons (Fsp3) is 1.00. The van der Waals surface area contributed by atoms with Crippen molar-refractivity contribution in [1.82, 2.24) is 5.32 Å². The molecule has 0 aromatic carbocycles. The van der Waals surface area contributed by atoms with Crippen molar-refractivity contribution in [3.05, 3.63) is 0 Å². The molecule has 0 bridgehead atoms. The van der Waals surface area contributed by atoms with E-state index in [0.717, 1.165) is 17.9 Å². The average Bonchev–Trinajstić information content (AvgIpc) is 2.45. The minimum Gasteiger partial charge on any atom is -0.396 e. The molecule has 0 aromatic heterocycles. The lowest BCUT2D eigenvalue weighted by Gasteiger charge is -2.14. The van der Waals surface area contributed by atoms with Gasteiger partial charge >= 0.3 is 0 Å². The SMILES string of the molecule is O=S1(=O)CC(O)C(NCCSCCCO)C1. The molecule has 1 fully saturated rings. The Morgan fingerprint density at radius 2 is 2.06 bits per heavy atom. The zero-order valence-corrected chi connectivity index (χ0v) is 10.8. The van der Waals surface area contributed by atoms with Crippen molar-refractivity contribution in [3.63, 3.8) is 0 Å². The minimum atomic E-state index is -3.05. The first-order chi connectivity index (χ1) is 7.55. The molecular formula is C9H19NO4S2. The summed E-state index contributed by atoms with van der Waals surface area (Å²) >= 11 is 1.71. The van der Waals surface area contributed by atoms with Crippen molar-refractivity contribution in [2.24, 2.45) is 0 Å². The van der Waals surface area contributed by atoms with Gasteiger partial charge in [0.15, 0.2) is 9.84 Å². The van der Waals surface area contributed by atoms with Gasteiger partial charge in [0.25, 0.3) is 0 Å². The van der Waals surface area contributed by atoms with Crippen LogP contribution < -0.4 is 5.32 Å². The lowest BCUT2D eigenvalue weighted by Crippen LogP contribution is -2.40. The van der Waals surface area contributed by atoms with Gasteiger partial charge in [-0.15, -0.1) is 0 Å². The normalized spacial score (nSPS) is 28.4. The van der Waals surface area contributed by atoms with Crippen molar-refractivity contribution in [1.29, 1.82) is 0 Å². The van der Waals surface area contributed by atoms with Crippen LogP contribution in [0.1, 0.15) is 6.42 Å². The van der Waals surface area contributed by atoms with E-state index in [9.17, 15) is 13.5 Å². The topological polar surface area (TPSA) is 86.6 Å². The molecule has 0 spiro atoms. The third-order valence-electron chi connectivity index (χ3n) is 2.42. The summed E-state index contributed by atoms with van der Waals surface area (Å²) in [5.41, 5.74) is 0.